The third-order valence-electron chi connectivity index (χ3n) is 5.54. The molecule has 29 heavy (non-hydrogen) atoms. The molecule has 2 amide bonds. The fourth-order valence-electron chi connectivity index (χ4n) is 3.80. The van der Waals surface area contributed by atoms with Gasteiger partial charge in [0.1, 0.15) is 0 Å². The summed E-state index contributed by atoms with van der Waals surface area (Å²) in [7, 11) is 0. The summed E-state index contributed by atoms with van der Waals surface area (Å²) < 4.78 is 0. The number of nitrogens with zero attached hydrogens (tertiary/aromatic N) is 2. The molecule has 1 saturated carbocycles. The minimum atomic E-state index is -0.272. The van der Waals surface area contributed by atoms with E-state index in [1.165, 1.54) is 12.4 Å². The van der Waals surface area contributed by atoms with Gasteiger partial charge in [0.25, 0.3) is 11.8 Å². The van der Waals surface area contributed by atoms with E-state index in [1.54, 1.807) is 6.07 Å². The lowest BCUT2D eigenvalue weighted by Crippen LogP contribution is -2.32. The normalized spacial score (nSPS) is 13.9. The van der Waals surface area contributed by atoms with Crippen molar-refractivity contribution in [3.8, 4) is 0 Å². The highest BCUT2D eigenvalue weighted by atomic mass is 16.2. The van der Waals surface area contributed by atoms with Crippen molar-refractivity contribution >= 4 is 23.2 Å². The van der Waals surface area contributed by atoms with Crippen molar-refractivity contribution in [2.75, 3.05) is 23.3 Å². The van der Waals surface area contributed by atoms with Gasteiger partial charge in [0.05, 0.1) is 11.1 Å². The number of hydrogen-bond acceptors (Lipinski definition) is 4. The van der Waals surface area contributed by atoms with E-state index in [0.29, 0.717) is 11.1 Å². The first-order valence-corrected chi connectivity index (χ1v) is 10.4. The lowest BCUT2D eigenvalue weighted by atomic mass is 10.1. The summed E-state index contributed by atoms with van der Waals surface area (Å²) in [5.41, 5.74) is 3.67. The van der Waals surface area contributed by atoms with Gasteiger partial charge in [0.15, 0.2) is 0 Å². The zero-order valence-electron chi connectivity index (χ0n) is 17.5. The number of pyridine rings is 1. The van der Waals surface area contributed by atoms with Crippen LogP contribution in [0.25, 0.3) is 0 Å². The number of amides is 2. The highest BCUT2D eigenvalue weighted by Gasteiger charge is 2.19. The number of benzene rings is 1. The Hall–Kier alpha value is -2.89. The minimum absolute atomic E-state index is 0.168. The van der Waals surface area contributed by atoms with E-state index in [4.69, 9.17) is 0 Å². The predicted octanol–water partition coefficient (Wildman–Crippen LogP) is 4.16. The maximum absolute atomic E-state index is 12.7. The highest BCUT2D eigenvalue weighted by Crippen LogP contribution is 2.23. The second kappa shape index (κ2) is 9.54. The van der Waals surface area contributed by atoms with E-state index < -0.39 is 0 Å². The maximum atomic E-state index is 12.7. The molecule has 6 heteroatoms. The minimum Gasteiger partial charge on any atom is -0.372 e. The van der Waals surface area contributed by atoms with Gasteiger partial charge in [-0.1, -0.05) is 12.8 Å². The number of rotatable bonds is 7. The number of carbonyl (C=O) groups excluding carboxylic acids is 2. The Kier molecular flexibility index (Phi) is 6.86. The molecule has 1 aliphatic rings. The fraction of sp³-hybridized carbons (Fsp3) is 0.435. The van der Waals surface area contributed by atoms with Crippen molar-refractivity contribution in [1.82, 2.24) is 10.3 Å². The van der Waals surface area contributed by atoms with Gasteiger partial charge in [-0.05, 0) is 63.4 Å². The Morgan fingerprint density at radius 1 is 1.03 bits per heavy atom. The highest BCUT2D eigenvalue weighted by molar-refractivity contribution is 6.06. The Balaban J connectivity index is 1.70. The second-order valence-electron chi connectivity index (χ2n) is 7.54. The third-order valence-corrected chi connectivity index (χ3v) is 5.54. The summed E-state index contributed by atoms with van der Waals surface area (Å²) in [6, 6.07) is 7.84. The van der Waals surface area contributed by atoms with Crippen LogP contribution in [-0.2, 0) is 0 Å². The second-order valence-corrected chi connectivity index (χ2v) is 7.54. The van der Waals surface area contributed by atoms with Crippen LogP contribution in [0.15, 0.2) is 36.7 Å². The average Bonchev–Trinajstić information content (AvgIpc) is 3.24. The number of aromatic nitrogens is 1. The van der Waals surface area contributed by atoms with Crippen LogP contribution in [0.5, 0.6) is 0 Å². The standard InChI is InChI=1S/C23H30N4O2/c1-4-27(5-2)20-10-11-21(16(3)12-20)26-23(29)18-13-17(14-24-15-18)22(28)25-19-8-6-7-9-19/h10-15,19H,4-9H2,1-3H3,(H,25,28)(H,26,29). The Morgan fingerprint density at radius 3 is 2.31 bits per heavy atom. The largest absolute Gasteiger partial charge is 0.372 e. The fourth-order valence-corrected chi connectivity index (χ4v) is 3.80. The average molecular weight is 395 g/mol. The zero-order valence-corrected chi connectivity index (χ0v) is 17.5. The first-order chi connectivity index (χ1) is 14.0. The maximum Gasteiger partial charge on any atom is 0.257 e. The summed E-state index contributed by atoms with van der Waals surface area (Å²) in [5.74, 6) is -0.439. The quantitative estimate of drug-likeness (QED) is 0.739. The van der Waals surface area contributed by atoms with Crippen LogP contribution in [0.1, 0.15) is 65.8 Å². The first-order valence-electron chi connectivity index (χ1n) is 10.4. The molecule has 0 saturated heterocycles. The van der Waals surface area contributed by atoms with E-state index in [2.05, 4.69) is 40.4 Å². The molecule has 2 N–H and O–H groups in total. The monoisotopic (exact) mass is 394 g/mol. The number of carbonyl (C=O) groups is 2. The summed E-state index contributed by atoms with van der Waals surface area (Å²) in [5, 5.41) is 5.97. The van der Waals surface area contributed by atoms with Gasteiger partial charge in [-0.15, -0.1) is 0 Å². The van der Waals surface area contributed by atoms with Crippen molar-refractivity contribution in [3.05, 3.63) is 53.3 Å². The molecular formula is C23H30N4O2. The van der Waals surface area contributed by atoms with Crippen LogP contribution >= 0.6 is 0 Å². The molecule has 1 aromatic heterocycles. The molecule has 6 nitrogen and oxygen atoms in total. The predicted molar refractivity (Wildman–Crippen MR) is 117 cm³/mol. The molecular weight excluding hydrogens is 364 g/mol. The van der Waals surface area contributed by atoms with Crippen LogP contribution in [0.2, 0.25) is 0 Å². The summed E-state index contributed by atoms with van der Waals surface area (Å²) in [6.45, 7) is 8.09. The smallest absolute Gasteiger partial charge is 0.257 e. The Labute approximate surface area is 172 Å². The molecule has 154 valence electrons. The zero-order chi connectivity index (χ0) is 20.8. The number of hydrogen-bond donors (Lipinski definition) is 2. The van der Waals surface area contributed by atoms with Crippen LogP contribution in [0.3, 0.4) is 0 Å². The SMILES string of the molecule is CCN(CC)c1ccc(NC(=O)c2cncc(C(=O)NC3CCCC3)c2)c(C)c1. The van der Waals surface area contributed by atoms with E-state index >= 15 is 0 Å². The van der Waals surface area contributed by atoms with E-state index in [0.717, 1.165) is 55.7 Å². The molecule has 1 heterocycles. The molecule has 0 aliphatic heterocycles. The lowest BCUT2D eigenvalue weighted by Gasteiger charge is -2.22. The van der Waals surface area contributed by atoms with Crippen molar-refractivity contribution in [2.45, 2.75) is 52.5 Å². The Morgan fingerprint density at radius 2 is 1.69 bits per heavy atom. The summed E-state index contributed by atoms with van der Waals surface area (Å²) in [4.78, 5) is 31.5. The molecule has 0 spiro atoms. The molecule has 1 aliphatic carbocycles. The van der Waals surface area contributed by atoms with Gasteiger partial charge in [-0.2, -0.15) is 0 Å². The Bertz CT molecular complexity index is 871. The molecule has 1 fully saturated rings. The summed E-state index contributed by atoms with van der Waals surface area (Å²) >= 11 is 0. The summed E-state index contributed by atoms with van der Waals surface area (Å²) in [6.07, 6.45) is 7.33. The van der Waals surface area contributed by atoms with Crippen LogP contribution in [-0.4, -0.2) is 35.9 Å². The lowest BCUT2D eigenvalue weighted by molar-refractivity contribution is 0.0937. The number of anilines is 2. The van der Waals surface area contributed by atoms with Gasteiger partial charge in [0, 0.05) is 42.9 Å². The molecule has 0 atom stereocenters. The first kappa shape index (κ1) is 20.8. The topological polar surface area (TPSA) is 74.3 Å². The van der Waals surface area contributed by atoms with E-state index in [9.17, 15) is 9.59 Å². The van der Waals surface area contributed by atoms with Gasteiger partial charge in [0.2, 0.25) is 0 Å². The van der Waals surface area contributed by atoms with Crippen LogP contribution < -0.4 is 15.5 Å². The van der Waals surface area contributed by atoms with Crippen molar-refractivity contribution in [1.29, 1.82) is 0 Å². The van der Waals surface area contributed by atoms with Gasteiger partial charge in [-0.25, -0.2) is 0 Å². The van der Waals surface area contributed by atoms with Crippen LogP contribution in [0.4, 0.5) is 11.4 Å². The molecule has 1 aromatic carbocycles. The van der Waals surface area contributed by atoms with Gasteiger partial charge < -0.3 is 15.5 Å². The number of aryl methyl sites for hydroxylation is 1. The molecule has 0 bridgehead atoms. The third kappa shape index (κ3) is 5.13. The van der Waals surface area contributed by atoms with Gasteiger partial charge >= 0.3 is 0 Å². The van der Waals surface area contributed by atoms with E-state index in [1.807, 2.05) is 19.1 Å². The van der Waals surface area contributed by atoms with Crippen molar-refractivity contribution in [2.24, 2.45) is 0 Å². The van der Waals surface area contributed by atoms with Crippen molar-refractivity contribution < 1.29 is 9.59 Å². The molecule has 2 aromatic rings. The van der Waals surface area contributed by atoms with E-state index in [-0.39, 0.29) is 17.9 Å². The molecule has 3 rings (SSSR count). The van der Waals surface area contributed by atoms with Crippen LogP contribution in [0, 0.1) is 6.92 Å². The van der Waals surface area contributed by atoms with Gasteiger partial charge in [-0.3, -0.25) is 14.6 Å². The molecule has 0 radical (unpaired) electrons. The van der Waals surface area contributed by atoms with Crippen molar-refractivity contribution in [3.63, 3.8) is 0 Å². The number of nitrogens with one attached hydrogen (secondary N) is 2. The molecule has 0 unspecified atom stereocenters.